The SMILES string of the molecule is c1ccc([P+](Cc2ccc(-c3nc4ccccc4o3)cc2)(c2ccccc2)c2ccccc2)cc1. The average Bonchev–Trinajstić information content (AvgIpc) is 3.38. The van der Waals surface area contributed by atoms with E-state index in [1.54, 1.807) is 0 Å². The lowest BCUT2D eigenvalue weighted by Gasteiger charge is -2.27. The molecular formula is C32H25NOP+. The van der Waals surface area contributed by atoms with Crippen LogP contribution in [0.5, 0.6) is 0 Å². The number of rotatable bonds is 6. The highest BCUT2D eigenvalue weighted by Crippen LogP contribution is 2.58. The van der Waals surface area contributed by atoms with Crippen molar-refractivity contribution in [2.24, 2.45) is 0 Å². The van der Waals surface area contributed by atoms with Crippen LogP contribution in [-0.2, 0) is 6.16 Å². The van der Waals surface area contributed by atoms with Crippen LogP contribution in [0.3, 0.4) is 0 Å². The summed E-state index contributed by atoms with van der Waals surface area (Å²) in [5.41, 5.74) is 3.99. The Labute approximate surface area is 206 Å². The molecule has 0 atom stereocenters. The molecule has 0 bridgehead atoms. The predicted octanol–water partition coefficient (Wildman–Crippen LogP) is 6.99. The van der Waals surface area contributed by atoms with Crippen molar-refractivity contribution in [3.05, 3.63) is 145 Å². The molecule has 0 saturated heterocycles. The molecule has 0 N–H and O–H groups in total. The monoisotopic (exact) mass is 470 g/mol. The van der Waals surface area contributed by atoms with Crippen LogP contribution in [0, 0.1) is 0 Å². The number of hydrogen-bond donors (Lipinski definition) is 0. The zero-order chi connectivity index (χ0) is 23.5. The molecule has 3 heteroatoms. The van der Waals surface area contributed by atoms with Crippen molar-refractivity contribution in [1.29, 1.82) is 0 Å². The molecule has 168 valence electrons. The normalized spacial score (nSPS) is 11.5. The molecule has 5 aromatic carbocycles. The minimum atomic E-state index is -1.92. The van der Waals surface area contributed by atoms with Crippen LogP contribution in [0.15, 0.2) is 144 Å². The van der Waals surface area contributed by atoms with Gasteiger partial charge in [-0.15, -0.1) is 0 Å². The minimum Gasteiger partial charge on any atom is -0.436 e. The van der Waals surface area contributed by atoms with E-state index in [1.165, 1.54) is 21.5 Å². The predicted molar refractivity (Wildman–Crippen MR) is 148 cm³/mol. The Bertz CT molecular complexity index is 1410. The minimum absolute atomic E-state index is 0.660. The molecule has 35 heavy (non-hydrogen) atoms. The van der Waals surface area contributed by atoms with Gasteiger partial charge < -0.3 is 4.42 Å². The smallest absolute Gasteiger partial charge is 0.227 e. The maximum absolute atomic E-state index is 6.00. The first-order valence-electron chi connectivity index (χ1n) is 11.8. The summed E-state index contributed by atoms with van der Waals surface area (Å²) in [5, 5.41) is 4.17. The Kier molecular flexibility index (Phi) is 5.74. The van der Waals surface area contributed by atoms with Gasteiger partial charge in [0.15, 0.2) is 5.58 Å². The fraction of sp³-hybridized carbons (Fsp3) is 0.0312. The summed E-state index contributed by atoms with van der Waals surface area (Å²) in [4.78, 5) is 4.67. The fourth-order valence-corrected chi connectivity index (χ4v) is 9.03. The third-order valence-electron chi connectivity index (χ3n) is 6.51. The van der Waals surface area contributed by atoms with Crippen molar-refractivity contribution in [2.45, 2.75) is 6.16 Å². The van der Waals surface area contributed by atoms with Gasteiger partial charge in [-0.1, -0.05) is 78.9 Å². The van der Waals surface area contributed by atoms with Crippen molar-refractivity contribution >= 4 is 34.3 Å². The van der Waals surface area contributed by atoms with Crippen LogP contribution in [0.4, 0.5) is 0 Å². The van der Waals surface area contributed by atoms with Gasteiger partial charge in [0.1, 0.15) is 28.7 Å². The van der Waals surface area contributed by atoms with Crippen molar-refractivity contribution in [2.75, 3.05) is 0 Å². The molecule has 1 aromatic heterocycles. The van der Waals surface area contributed by atoms with Crippen LogP contribution in [-0.4, -0.2) is 4.98 Å². The molecule has 2 nitrogen and oxygen atoms in total. The Morgan fingerprint density at radius 1 is 0.514 bits per heavy atom. The molecule has 0 aliphatic rings. The standard InChI is InChI=1S/C32H25NOP/c1-4-12-27(13-5-1)35(28-14-6-2-7-15-28,29-16-8-3-9-17-29)24-25-20-22-26(23-21-25)32-33-30-18-10-11-19-31(30)34-32/h1-23H,24H2/q+1. The maximum atomic E-state index is 6.00. The topological polar surface area (TPSA) is 26.0 Å². The molecule has 0 spiro atoms. The third-order valence-corrected chi connectivity index (χ3v) is 10.9. The van der Waals surface area contributed by atoms with Gasteiger partial charge in [-0.05, 0) is 66.2 Å². The molecule has 0 fully saturated rings. The fourth-order valence-electron chi connectivity index (χ4n) is 4.79. The van der Waals surface area contributed by atoms with Crippen molar-refractivity contribution in [3.63, 3.8) is 0 Å². The number of benzene rings is 5. The lowest BCUT2D eigenvalue weighted by Crippen LogP contribution is -2.32. The van der Waals surface area contributed by atoms with Gasteiger partial charge in [0.25, 0.3) is 0 Å². The second-order valence-electron chi connectivity index (χ2n) is 8.66. The van der Waals surface area contributed by atoms with Gasteiger partial charge in [0.2, 0.25) is 5.89 Å². The van der Waals surface area contributed by atoms with E-state index in [9.17, 15) is 0 Å². The van der Waals surface area contributed by atoms with E-state index in [0.717, 1.165) is 22.8 Å². The zero-order valence-corrected chi connectivity index (χ0v) is 20.2. The van der Waals surface area contributed by atoms with Crippen LogP contribution >= 0.6 is 7.26 Å². The summed E-state index contributed by atoms with van der Waals surface area (Å²) in [6.45, 7) is 0. The summed E-state index contributed by atoms with van der Waals surface area (Å²) < 4.78 is 6.00. The lowest BCUT2D eigenvalue weighted by molar-refractivity contribution is 0.620. The van der Waals surface area contributed by atoms with Gasteiger partial charge in [-0.25, -0.2) is 4.98 Å². The van der Waals surface area contributed by atoms with Gasteiger partial charge in [0.05, 0.1) is 6.16 Å². The van der Waals surface area contributed by atoms with Crippen molar-refractivity contribution in [1.82, 2.24) is 4.98 Å². The van der Waals surface area contributed by atoms with Gasteiger partial charge in [0, 0.05) is 5.56 Å². The zero-order valence-electron chi connectivity index (χ0n) is 19.3. The third kappa shape index (κ3) is 4.07. The molecule has 0 saturated carbocycles. The highest BCUT2D eigenvalue weighted by molar-refractivity contribution is 7.95. The first-order chi connectivity index (χ1) is 17.3. The summed E-state index contributed by atoms with van der Waals surface area (Å²) in [5.74, 6) is 0.660. The van der Waals surface area contributed by atoms with E-state index >= 15 is 0 Å². The summed E-state index contributed by atoms with van der Waals surface area (Å²) in [6.07, 6.45) is 0.943. The Balaban J connectivity index is 1.46. The second-order valence-corrected chi connectivity index (χ2v) is 12.1. The van der Waals surface area contributed by atoms with Gasteiger partial charge in [-0.2, -0.15) is 0 Å². The van der Waals surface area contributed by atoms with Gasteiger partial charge in [-0.3, -0.25) is 0 Å². The second kappa shape index (κ2) is 9.33. The van der Waals surface area contributed by atoms with E-state index in [0.29, 0.717) is 5.89 Å². The summed E-state index contributed by atoms with van der Waals surface area (Å²) in [7, 11) is -1.92. The summed E-state index contributed by atoms with van der Waals surface area (Å²) in [6, 6.07) is 49.6. The van der Waals surface area contributed by atoms with E-state index in [-0.39, 0.29) is 0 Å². The van der Waals surface area contributed by atoms with E-state index in [2.05, 4.69) is 120 Å². The quantitative estimate of drug-likeness (QED) is 0.245. The molecular weight excluding hydrogens is 445 g/mol. The average molecular weight is 471 g/mol. The number of nitrogens with zero attached hydrogens (tertiary/aromatic N) is 1. The highest BCUT2D eigenvalue weighted by atomic mass is 31.2. The van der Waals surface area contributed by atoms with Crippen molar-refractivity contribution < 1.29 is 4.42 Å². The van der Waals surface area contributed by atoms with Crippen molar-refractivity contribution in [3.8, 4) is 11.5 Å². The van der Waals surface area contributed by atoms with E-state index in [4.69, 9.17) is 4.42 Å². The molecule has 1 heterocycles. The van der Waals surface area contributed by atoms with Gasteiger partial charge >= 0.3 is 0 Å². The molecule has 0 radical (unpaired) electrons. The van der Waals surface area contributed by atoms with E-state index in [1.807, 2.05) is 24.3 Å². The summed E-state index contributed by atoms with van der Waals surface area (Å²) >= 11 is 0. The molecule has 0 unspecified atom stereocenters. The lowest BCUT2D eigenvalue weighted by atomic mass is 10.1. The largest absolute Gasteiger partial charge is 0.436 e. The van der Waals surface area contributed by atoms with Crippen LogP contribution < -0.4 is 15.9 Å². The van der Waals surface area contributed by atoms with E-state index < -0.39 is 7.26 Å². The molecule has 0 aliphatic heterocycles. The number of fused-ring (bicyclic) bond motifs is 1. The Morgan fingerprint density at radius 2 is 1.00 bits per heavy atom. The molecule has 0 amide bonds. The number of oxazole rings is 1. The molecule has 6 rings (SSSR count). The van der Waals surface area contributed by atoms with Crippen LogP contribution in [0.25, 0.3) is 22.6 Å². The molecule has 6 aromatic rings. The first kappa shape index (κ1) is 21.5. The molecule has 0 aliphatic carbocycles. The highest BCUT2D eigenvalue weighted by Gasteiger charge is 2.45. The maximum Gasteiger partial charge on any atom is 0.227 e. The van der Waals surface area contributed by atoms with Crippen LogP contribution in [0.2, 0.25) is 0 Å². The Morgan fingerprint density at radius 3 is 1.51 bits per heavy atom. The first-order valence-corrected chi connectivity index (χ1v) is 13.8. The van der Waals surface area contributed by atoms with Crippen LogP contribution in [0.1, 0.15) is 5.56 Å². The Hall–Kier alpha value is -4.00. The number of aromatic nitrogens is 1. The number of hydrogen-bond acceptors (Lipinski definition) is 2. The number of para-hydroxylation sites is 2.